The lowest BCUT2D eigenvalue weighted by Gasteiger charge is -2.24. The SMILES string of the molecule is CC(C)(C)NC(=NC1CC(c2ccc(F)cc2)NN1)NC(=O)c1cccc(F)c1. The second-order valence-electron chi connectivity index (χ2n) is 7.96. The molecule has 2 atom stereocenters. The van der Waals surface area contributed by atoms with Gasteiger partial charge in [-0.05, 0) is 56.7 Å². The summed E-state index contributed by atoms with van der Waals surface area (Å²) in [6.45, 7) is 5.83. The Morgan fingerprint density at radius 1 is 1.07 bits per heavy atom. The monoisotopic (exact) mass is 401 g/mol. The number of benzene rings is 2. The molecule has 1 aliphatic rings. The van der Waals surface area contributed by atoms with Crippen LogP contribution in [0.1, 0.15) is 49.2 Å². The third-order valence-electron chi connectivity index (χ3n) is 4.25. The van der Waals surface area contributed by atoms with Crippen molar-refractivity contribution in [2.75, 3.05) is 0 Å². The predicted molar refractivity (Wildman–Crippen MR) is 108 cm³/mol. The second kappa shape index (κ2) is 8.67. The maximum Gasteiger partial charge on any atom is 0.258 e. The number of halogens is 2. The highest BCUT2D eigenvalue weighted by Gasteiger charge is 2.26. The van der Waals surface area contributed by atoms with Crippen LogP contribution in [0, 0.1) is 11.6 Å². The largest absolute Gasteiger partial charge is 0.351 e. The minimum atomic E-state index is -0.483. The van der Waals surface area contributed by atoms with Crippen LogP contribution in [-0.2, 0) is 0 Å². The number of amides is 1. The van der Waals surface area contributed by atoms with Gasteiger partial charge < -0.3 is 5.32 Å². The number of hydrazine groups is 1. The van der Waals surface area contributed by atoms with E-state index in [9.17, 15) is 13.6 Å². The van der Waals surface area contributed by atoms with Crippen molar-refractivity contribution < 1.29 is 13.6 Å². The lowest BCUT2D eigenvalue weighted by Crippen LogP contribution is -2.50. The van der Waals surface area contributed by atoms with Gasteiger partial charge in [-0.25, -0.2) is 24.6 Å². The molecule has 154 valence electrons. The zero-order chi connectivity index (χ0) is 21.0. The zero-order valence-corrected chi connectivity index (χ0v) is 16.6. The smallest absolute Gasteiger partial charge is 0.258 e. The molecule has 3 rings (SSSR count). The second-order valence-corrected chi connectivity index (χ2v) is 7.96. The molecule has 1 amide bonds. The van der Waals surface area contributed by atoms with E-state index in [2.05, 4.69) is 26.5 Å². The average molecular weight is 401 g/mol. The number of aliphatic imine (C=N–C) groups is 1. The van der Waals surface area contributed by atoms with Gasteiger partial charge in [0.1, 0.15) is 17.8 Å². The summed E-state index contributed by atoms with van der Waals surface area (Å²) >= 11 is 0. The van der Waals surface area contributed by atoms with E-state index in [0.717, 1.165) is 5.56 Å². The Hall–Kier alpha value is -2.84. The standard InChI is InChI=1S/C21H25F2N5O/c1-21(2,3)26-20(25-19(29)14-5-4-6-16(23)11-14)24-18-12-17(27-28-18)13-7-9-15(22)10-8-13/h4-11,17-18,27-28H,12H2,1-3H3,(H2,24,25,26,29). The summed E-state index contributed by atoms with van der Waals surface area (Å²) in [6.07, 6.45) is 0.291. The van der Waals surface area contributed by atoms with Crippen molar-refractivity contribution in [3.8, 4) is 0 Å². The number of nitrogens with one attached hydrogen (secondary N) is 4. The van der Waals surface area contributed by atoms with Gasteiger partial charge in [0.25, 0.3) is 5.91 Å². The number of carbonyl (C=O) groups is 1. The Kier molecular flexibility index (Phi) is 6.24. The molecule has 0 radical (unpaired) electrons. The van der Waals surface area contributed by atoms with Gasteiger partial charge in [-0.15, -0.1) is 0 Å². The molecule has 0 aliphatic carbocycles. The van der Waals surface area contributed by atoms with Gasteiger partial charge in [-0.2, -0.15) is 0 Å². The Morgan fingerprint density at radius 3 is 2.45 bits per heavy atom. The van der Waals surface area contributed by atoms with Crippen molar-refractivity contribution in [3.63, 3.8) is 0 Å². The fourth-order valence-electron chi connectivity index (χ4n) is 2.95. The van der Waals surface area contributed by atoms with E-state index >= 15 is 0 Å². The molecule has 29 heavy (non-hydrogen) atoms. The molecule has 1 heterocycles. The van der Waals surface area contributed by atoms with Crippen LogP contribution in [0.3, 0.4) is 0 Å². The average Bonchev–Trinajstić information content (AvgIpc) is 3.09. The van der Waals surface area contributed by atoms with Crippen molar-refractivity contribution in [1.29, 1.82) is 0 Å². The maximum absolute atomic E-state index is 13.4. The van der Waals surface area contributed by atoms with Crippen LogP contribution in [0.5, 0.6) is 0 Å². The molecule has 0 saturated carbocycles. The lowest BCUT2D eigenvalue weighted by molar-refractivity contribution is 0.0974. The number of rotatable bonds is 3. The summed E-state index contributed by atoms with van der Waals surface area (Å²) in [5.41, 5.74) is 7.00. The van der Waals surface area contributed by atoms with Crippen LogP contribution >= 0.6 is 0 Å². The highest BCUT2D eigenvalue weighted by atomic mass is 19.1. The summed E-state index contributed by atoms with van der Waals surface area (Å²) in [4.78, 5) is 17.1. The van der Waals surface area contributed by atoms with E-state index in [1.165, 1.54) is 36.4 Å². The molecular weight excluding hydrogens is 376 g/mol. The molecule has 0 spiro atoms. The third-order valence-corrected chi connectivity index (χ3v) is 4.25. The quantitative estimate of drug-likeness (QED) is 0.471. The first-order chi connectivity index (χ1) is 13.7. The molecule has 2 aromatic rings. The number of hydrogen-bond acceptors (Lipinski definition) is 4. The highest BCUT2D eigenvalue weighted by Crippen LogP contribution is 2.23. The van der Waals surface area contributed by atoms with E-state index in [1.54, 1.807) is 12.1 Å². The summed E-state index contributed by atoms with van der Waals surface area (Å²) < 4.78 is 26.6. The van der Waals surface area contributed by atoms with Crippen molar-refractivity contribution in [2.24, 2.45) is 4.99 Å². The Bertz CT molecular complexity index is 893. The van der Waals surface area contributed by atoms with Gasteiger partial charge in [0.15, 0.2) is 5.96 Å². The van der Waals surface area contributed by atoms with Gasteiger partial charge in [0.2, 0.25) is 0 Å². The first-order valence-corrected chi connectivity index (χ1v) is 9.39. The molecule has 1 aliphatic heterocycles. The molecule has 2 aromatic carbocycles. The van der Waals surface area contributed by atoms with Crippen LogP contribution in [-0.4, -0.2) is 23.6 Å². The molecule has 8 heteroatoms. The van der Waals surface area contributed by atoms with Gasteiger partial charge in [-0.3, -0.25) is 10.1 Å². The van der Waals surface area contributed by atoms with Gasteiger partial charge >= 0.3 is 0 Å². The topological polar surface area (TPSA) is 77.6 Å². The molecule has 1 saturated heterocycles. The third kappa shape index (κ3) is 6.07. The minimum Gasteiger partial charge on any atom is -0.351 e. The van der Waals surface area contributed by atoms with E-state index in [0.29, 0.717) is 6.42 Å². The van der Waals surface area contributed by atoms with Crippen LogP contribution in [0.25, 0.3) is 0 Å². The maximum atomic E-state index is 13.4. The van der Waals surface area contributed by atoms with Gasteiger partial charge in [-0.1, -0.05) is 18.2 Å². The van der Waals surface area contributed by atoms with Crippen LogP contribution in [0.2, 0.25) is 0 Å². The number of hydrogen-bond donors (Lipinski definition) is 4. The van der Waals surface area contributed by atoms with Crippen molar-refractivity contribution in [3.05, 3.63) is 71.3 Å². The summed E-state index contributed by atoms with van der Waals surface area (Å²) in [5, 5.41) is 5.89. The Labute approximate surface area is 168 Å². The zero-order valence-electron chi connectivity index (χ0n) is 16.6. The van der Waals surface area contributed by atoms with Crippen LogP contribution < -0.4 is 21.5 Å². The van der Waals surface area contributed by atoms with E-state index in [-0.39, 0.29) is 35.1 Å². The van der Waals surface area contributed by atoms with Gasteiger partial charge in [0, 0.05) is 23.6 Å². The first kappa shape index (κ1) is 20.9. The van der Waals surface area contributed by atoms with Crippen LogP contribution in [0.15, 0.2) is 53.5 Å². The fourth-order valence-corrected chi connectivity index (χ4v) is 2.95. The molecule has 0 bridgehead atoms. The van der Waals surface area contributed by atoms with E-state index in [4.69, 9.17) is 0 Å². The van der Waals surface area contributed by atoms with Gasteiger partial charge in [0.05, 0.1) is 0 Å². The van der Waals surface area contributed by atoms with E-state index < -0.39 is 11.7 Å². The van der Waals surface area contributed by atoms with E-state index in [1.807, 2.05) is 20.8 Å². The molecule has 1 fully saturated rings. The summed E-state index contributed by atoms with van der Waals surface area (Å²) in [5.74, 6) is -0.943. The summed E-state index contributed by atoms with van der Waals surface area (Å²) in [6, 6.07) is 11.7. The molecule has 4 N–H and O–H groups in total. The predicted octanol–water partition coefficient (Wildman–Crippen LogP) is 3.00. The van der Waals surface area contributed by atoms with Crippen molar-refractivity contribution in [2.45, 2.75) is 44.9 Å². The minimum absolute atomic E-state index is 0.0424. The lowest BCUT2D eigenvalue weighted by atomic mass is 10.0. The Balaban J connectivity index is 1.73. The fraction of sp³-hybridized carbons (Fsp3) is 0.333. The van der Waals surface area contributed by atoms with Crippen LogP contribution in [0.4, 0.5) is 8.78 Å². The van der Waals surface area contributed by atoms with Crippen molar-refractivity contribution >= 4 is 11.9 Å². The molecule has 6 nitrogen and oxygen atoms in total. The normalized spacial score (nSPS) is 19.8. The number of guanidine groups is 1. The molecule has 2 unspecified atom stereocenters. The van der Waals surface area contributed by atoms with Crippen molar-refractivity contribution in [1.82, 2.24) is 21.5 Å². The number of nitrogens with zero attached hydrogens (tertiary/aromatic N) is 1. The highest BCUT2D eigenvalue weighted by molar-refractivity contribution is 6.05. The number of carbonyl (C=O) groups excluding carboxylic acids is 1. The molecular formula is C21H25F2N5O. The molecule has 0 aromatic heterocycles. The first-order valence-electron chi connectivity index (χ1n) is 9.39. The Morgan fingerprint density at radius 2 is 1.79 bits per heavy atom. The summed E-state index contributed by atoms with van der Waals surface area (Å²) in [7, 11) is 0.